The van der Waals surface area contributed by atoms with Gasteiger partial charge >= 0.3 is 0 Å². The molecule has 0 aliphatic rings. The highest BCUT2D eigenvalue weighted by atomic mass is 35.5. The van der Waals surface area contributed by atoms with Crippen LogP contribution < -0.4 is 5.73 Å². The van der Waals surface area contributed by atoms with E-state index >= 15 is 0 Å². The third-order valence-electron chi connectivity index (χ3n) is 2.31. The minimum absolute atomic E-state index is 0.123. The lowest BCUT2D eigenvalue weighted by Gasteiger charge is -2.17. The van der Waals surface area contributed by atoms with Gasteiger partial charge in [0.1, 0.15) is 6.10 Å². The maximum atomic E-state index is 9.82. The first-order valence-corrected chi connectivity index (χ1v) is 5.36. The quantitative estimate of drug-likeness (QED) is 0.324. The van der Waals surface area contributed by atoms with Crippen LogP contribution in [0.15, 0.2) is 23.3 Å². The molecule has 0 aliphatic heterocycles. The number of nitrogen functional groups attached to an aromatic ring is 1. The first-order chi connectivity index (χ1) is 8.06. The number of anilines is 1. The second-order valence-electron chi connectivity index (χ2n) is 3.54. The van der Waals surface area contributed by atoms with Crippen LogP contribution >= 0.6 is 11.6 Å². The first kappa shape index (κ1) is 13.6. The summed E-state index contributed by atoms with van der Waals surface area (Å²) < 4.78 is 0. The van der Waals surface area contributed by atoms with Crippen LogP contribution in [0.3, 0.4) is 0 Å². The molecule has 2 unspecified atom stereocenters. The summed E-state index contributed by atoms with van der Waals surface area (Å²) >= 11 is 5.74. The molecule has 6 nitrogen and oxygen atoms in total. The number of hydrogen-bond donors (Lipinski definition) is 3. The molecular formula is C10H13ClN4O2. The van der Waals surface area contributed by atoms with Crippen LogP contribution in [0.5, 0.6) is 0 Å². The fraction of sp³-hybridized carbons (Fsp3) is 0.400. The summed E-state index contributed by atoms with van der Waals surface area (Å²) in [6.45, 7) is 0.123. The fourth-order valence-corrected chi connectivity index (χ4v) is 1.48. The first-order valence-electron chi connectivity index (χ1n) is 4.98. The summed E-state index contributed by atoms with van der Waals surface area (Å²) in [6, 6.07) is 4.64. The number of aliphatic hydroxyl groups excluding tert-OH is 2. The van der Waals surface area contributed by atoms with Crippen molar-refractivity contribution in [3.8, 4) is 0 Å². The van der Waals surface area contributed by atoms with Gasteiger partial charge in [0.25, 0.3) is 0 Å². The molecule has 17 heavy (non-hydrogen) atoms. The Morgan fingerprint density at radius 2 is 2.18 bits per heavy atom. The summed E-state index contributed by atoms with van der Waals surface area (Å²) in [7, 11) is 0. The van der Waals surface area contributed by atoms with Crippen molar-refractivity contribution < 1.29 is 10.2 Å². The number of benzene rings is 1. The van der Waals surface area contributed by atoms with Gasteiger partial charge in [0, 0.05) is 11.5 Å². The second-order valence-corrected chi connectivity index (χ2v) is 3.94. The number of aliphatic hydroxyl groups is 2. The van der Waals surface area contributed by atoms with Crippen molar-refractivity contribution in [3.63, 3.8) is 0 Å². The predicted molar refractivity (Wildman–Crippen MR) is 65.5 cm³/mol. The van der Waals surface area contributed by atoms with Gasteiger partial charge in [0.05, 0.1) is 16.8 Å². The van der Waals surface area contributed by atoms with Gasteiger partial charge in [-0.05, 0) is 29.6 Å². The molecule has 92 valence electrons. The van der Waals surface area contributed by atoms with E-state index in [0.717, 1.165) is 0 Å². The minimum Gasteiger partial charge on any atom is -0.398 e. The third-order valence-corrected chi connectivity index (χ3v) is 2.66. The molecule has 1 aromatic rings. The number of nitrogens with zero attached hydrogens (tertiary/aromatic N) is 3. The Kier molecular flexibility index (Phi) is 5.06. The maximum Gasteiger partial charge on any atom is 0.105 e. The highest BCUT2D eigenvalue weighted by molar-refractivity contribution is 6.33. The van der Waals surface area contributed by atoms with E-state index in [0.29, 0.717) is 16.3 Å². The SMILES string of the molecule is [N-]=[N+]=NCCC(O)C(O)c1ccc(Cl)c(N)c1. The van der Waals surface area contributed by atoms with E-state index in [1.165, 1.54) is 6.07 Å². The Morgan fingerprint density at radius 1 is 1.47 bits per heavy atom. The lowest BCUT2D eigenvalue weighted by molar-refractivity contribution is 0.0151. The summed E-state index contributed by atoms with van der Waals surface area (Å²) in [6.07, 6.45) is -1.92. The van der Waals surface area contributed by atoms with Crippen molar-refractivity contribution in [1.29, 1.82) is 0 Å². The molecule has 0 spiro atoms. The van der Waals surface area contributed by atoms with E-state index in [4.69, 9.17) is 22.9 Å². The minimum atomic E-state index is -1.08. The molecule has 0 bridgehead atoms. The normalized spacial score (nSPS) is 13.8. The van der Waals surface area contributed by atoms with Gasteiger partial charge in [0.2, 0.25) is 0 Å². The Balaban J connectivity index is 2.70. The number of rotatable bonds is 5. The van der Waals surface area contributed by atoms with Gasteiger partial charge in [-0.15, -0.1) is 0 Å². The summed E-state index contributed by atoms with van der Waals surface area (Å²) in [5.74, 6) is 0. The van der Waals surface area contributed by atoms with Crippen LogP contribution in [0.1, 0.15) is 18.1 Å². The predicted octanol–water partition coefficient (Wildman–Crippen LogP) is 2.02. The standard InChI is InChI=1S/C10H13ClN4O2/c11-7-2-1-6(5-8(7)12)10(17)9(16)3-4-14-15-13/h1-2,5,9-10,16-17H,3-4,12H2. The highest BCUT2D eigenvalue weighted by Crippen LogP contribution is 2.25. The van der Waals surface area contributed by atoms with Gasteiger partial charge < -0.3 is 15.9 Å². The van der Waals surface area contributed by atoms with Crippen molar-refractivity contribution in [3.05, 3.63) is 39.2 Å². The van der Waals surface area contributed by atoms with Crippen molar-refractivity contribution in [2.45, 2.75) is 18.6 Å². The zero-order chi connectivity index (χ0) is 12.8. The second kappa shape index (κ2) is 6.32. The topological polar surface area (TPSA) is 115 Å². The molecule has 0 saturated heterocycles. The average Bonchev–Trinajstić information content (AvgIpc) is 2.32. The summed E-state index contributed by atoms with van der Waals surface area (Å²) in [4.78, 5) is 2.56. The van der Waals surface area contributed by atoms with Gasteiger partial charge in [-0.3, -0.25) is 0 Å². The summed E-state index contributed by atoms with van der Waals surface area (Å²) in [5, 5.41) is 23.1. The molecule has 4 N–H and O–H groups in total. The average molecular weight is 257 g/mol. The molecule has 0 amide bonds. The zero-order valence-corrected chi connectivity index (χ0v) is 9.75. The van der Waals surface area contributed by atoms with Gasteiger partial charge in [-0.2, -0.15) is 0 Å². The maximum absolute atomic E-state index is 9.82. The van der Waals surface area contributed by atoms with E-state index in [-0.39, 0.29) is 13.0 Å². The molecule has 1 aromatic carbocycles. The number of hydrogen-bond acceptors (Lipinski definition) is 4. The van der Waals surface area contributed by atoms with Gasteiger partial charge in [-0.1, -0.05) is 22.8 Å². The van der Waals surface area contributed by atoms with Crippen molar-refractivity contribution >= 4 is 17.3 Å². The Hall–Kier alpha value is -1.46. The molecule has 2 atom stereocenters. The van der Waals surface area contributed by atoms with Crippen molar-refractivity contribution in [2.75, 3.05) is 12.3 Å². The molecule has 0 radical (unpaired) electrons. The van der Waals surface area contributed by atoms with Crippen LogP contribution in [-0.4, -0.2) is 22.9 Å². The zero-order valence-electron chi connectivity index (χ0n) is 8.99. The van der Waals surface area contributed by atoms with E-state index in [1.54, 1.807) is 12.1 Å². The lowest BCUT2D eigenvalue weighted by Crippen LogP contribution is -2.19. The molecular weight excluding hydrogens is 244 g/mol. The van der Waals surface area contributed by atoms with Gasteiger partial charge in [-0.25, -0.2) is 0 Å². The number of azide groups is 1. The monoisotopic (exact) mass is 256 g/mol. The van der Waals surface area contributed by atoms with Gasteiger partial charge in [0.15, 0.2) is 0 Å². The Bertz CT molecular complexity index is 434. The van der Waals surface area contributed by atoms with Crippen LogP contribution in [-0.2, 0) is 0 Å². The van der Waals surface area contributed by atoms with E-state index in [1.807, 2.05) is 0 Å². The van der Waals surface area contributed by atoms with Crippen LogP contribution in [0, 0.1) is 0 Å². The number of nitrogens with two attached hydrogens (primary N) is 1. The third kappa shape index (κ3) is 3.80. The molecule has 0 fully saturated rings. The van der Waals surface area contributed by atoms with Crippen LogP contribution in [0.4, 0.5) is 5.69 Å². The van der Waals surface area contributed by atoms with Crippen molar-refractivity contribution in [2.24, 2.45) is 5.11 Å². The Labute approximate surface area is 103 Å². The van der Waals surface area contributed by atoms with E-state index < -0.39 is 12.2 Å². The van der Waals surface area contributed by atoms with E-state index in [2.05, 4.69) is 10.0 Å². The lowest BCUT2D eigenvalue weighted by atomic mass is 10.0. The molecule has 0 aliphatic carbocycles. The molecule has 0 saturated carbocycles. The molecule has 0 heterocycles. The molecule has 0 aromatic heterocycles. The van der Waals surface area contributed by atoms with E-state index in [9.17, 15) is 10.2 Å². The van der Waals surface area contributed by atoms with Crippen LogP contribution in [0.2, 0.25) is 5.02 Å². The molecule has 7 heteroatoms. The summed E-state index contributed by atoms with van der Waals surface area (Å²) in [5.41, 5.74) is 14.5. The largest absolute Gasteiger partial charge is 0.398 e. The van der Waals surface area contributed by atoms with Crippen LogP contribution in [0.25, 0.3) is 10.4 Å². The fourth-order valence-electron chi connectivity index (χ4n) is 1.36. The number of halogens is 1. The van der Waals surface area contributed by atoms with Crippen molar-refractivity contribution in [1.82, 2.24) is 0 Å². The Morgan fingerprint density at radius 3 is 2.76 bits per heavy atom. The highest BCUT2D eigenvalue weighted by Gasteiger charge is 2.18. The smallest absolute Gasteiger partial charge is 0.105 e. The molecule has 1 rings (SSSR count).